The van der Waals surface area contributed by atoms with Crippen LogP contribution in [0.2, 0.25) is 10.0 Å². The number of rotatable bonds is 11. The average molecular weight is 714 g/mol. The molecule has 1 aliphatic rings. The second-order valence-corrected chi connectivity index (χ2v) is 13.6. The van der Waals surface area contributed by atoms with Crippen LogP contribution in [0.1, 0.15) is 12.0 Å². The standard InChI is InChI=1S/C33H31Cl2FN6O5S/c34-27-4-3-5-28(35)32(27)38-33(44)41-20-18-40(19-21-41)26-14-12-25(13-15-26)37-31(43)16-17-42(22-23-8-10-24(36)11-9-23)48(46,47)30-7-2-1-6-29(30)39-45/h1-15H,16-22H2,(H,37,43)(H,38,44). The first kappa shape index (κ1) is 34.8. The van der Waals surface area contributed by atoms with E-state index in [2.05, 4.69) is 20.7 Å². The number of benzene rings is 4. The van der Waals surface area contributed by atoms with Crippen LogP contribution in [-0.2, 0) is 21.4 Å². The summed E-state index contributed by atoms with van der Waals surface area (Å²) in [6.07, 6.45) is -0.192. The molecule has 4 aromatic rings. The van der Waals surface area contributed by atoms with Crippen LogP contribution in [0, 0.1) is 10.7 Å². The van der Waals surface area contributed by atoms with Crippen molar-refractivity contribution in [1.82, 2.24) is 9.21 Å². The fraction of sp³-hybridized carbons (Fsp3) is 0.212. The molecular formula is C33H31Cl2FN6O5S. The predicted molar refractivity (Wildman–Crippen MR) is 185 cm³/mol. The van der Waals surface area contributed by atoms with Crippen LogP contribution in [0.5, 0.6) is 0 Å². The Kier molecular flexibility index (Phi) is 11.3. The van der Waals surface area contributed by atoms with E-state index in [9.17, 15) is 27.3 Å². The number of amides is 3. The Morgan fingerprint density at radius 3 is 2.12 bits per heavy atom. The highest BCUT2D eigenvalue weighted by Gasteiger charge is 2.28. The largest absolute Gasteiger partial charge is 0.368 e. The lowest BCUT2D eigenvalue weighted by molar-refractivity contribution is -0.116. The van der Waals surface area contributed by atoms with Crippen molar-refractivity contribution < 1.29 is 22.4 Å². The van der Waals surface area contributed by atoms with Crippen molar-refractivity contribution in [1.29, 1.82) is 0 Å². The minimum absolute atomic E-state index is 0.152. The molecule has 1 fully saturated rings. The minimum Gasteiger partial charge on any atom is -0.368 e. The lowest BCUT2D eigenvalue weighted by Crippen LogP contribution is -2.50. The van der Waals surface area contributed by atoms with Gasteiger partial charge in [-0.05, 0) is 71.4 Å². The van der Waals surface area contributed by atoms with E-state index in [-0.39, 0.29) is 36.1 Å². The van der Waals surface area contributed by atoms with Gasteiger partial charge in [0.15, 0.2) is 0 Å². The number of anilines is 3. The van der Waals surface area contributed by atoms with Crippen LogP contribution in [-0.4, -0.2) is 62.3 Å². The summed E-state index contributed by atoms with van der Waals surface area (Å²) in [7, 11) is -4.25. The Labute approximate surface area is 287 Å². The molecule has 1 saturated heterocycles. The van der Waals surface area contributed by atoms with Gasteiger partial charge >= 0.3 is 6.03 Å². The minimum atomic E-state index is -4.25. The van der Waals surface area contributed by atoms with E-state index in [1.165, 1.54) is 48.5 Å². The maximum Gasteiger partial charge on any atom is 0.322 e. The Hall–Kier alpha value is -4.56. The highest BCUT2D eigenvalue weighted by atomic mass is 35.5. The summed E-state index contributed by atoms with van der Waals surface area (Å²) in [5.74, 6) is -0.902. The zero-order valence-electron chi connectivity index (χ0n) is 25.5. The maximum atomic E-state index is 13.6. The zero-order valence-corrected chi connectivity index (χ0v) is 27.8. The number of urea groups is 1. The number of nitrogens with zero attached hydrogens (tertiary/aromatic N) is 4. The van der Waals surface area contributed by atoms with Gasteiger partial charge in [-0.25, -0.2) is 17.6 Å². The third-order valence-corrected chi connectivity index (χ3v) is 10.2. The number of hydrogen-bond donors (Lipinski definition) is 2. The third kappa shape index (κ3) is 8.47. The van der Waals surface area contributed by atoms with Gasteiger partial charge in [-0.15, -0.1) is 4.91 Å². The van der Waals surface area contributed by atoms with Crippen molar-refractivity contribution in [2.45, 2.75) is 17.9 Å². The first-order valence-electron chi connectivity index (χ1n) is 14.9. The van der Waals surface area contributed by atoms with Gasteiger partial charge in [-0.2, -0.15) is 4.31 Å². The van der Waals surface area contributed by atoms with Crippen LogP contribution in [0.3, 0.4) is 0 Å². The molecule has 4 aromatic carbocycles. The quantitative estimate of drug-likeness (QED) is 0.160. The molecule has 0 spiro atoms. The number of halogens is 3. The van der Waals surface area contributed by atoms with Crippen molar-refractivity contribution in [2.75, 3.05) is 48.3 Å². The monoisotopic (exact) mass is 712 g/mol. The number of nitrogens with one attached hydrogen (secondary N) is 2. The highest BCUT2D eigenvalue weighted by molar-refractivity contribution is 7.89. The summed E-state index contributed by atoms with van der Waals surface area (Å²) < 4.78 is 41.7. The van der Waals surface area contributed by atoms with Crippen LogP contribution in [0.4, 0.5) is 31.9 Å². The molecule has 250 valence electrons. The average Bonchev–Trinajstić information content (AvgIpc) is 3.09. The van der Waals surface area contributed by atoms with Crippen molar-refractivity contribution >= 4 is 67.9 Å². The molecule has 0 atom stereocenters. The van der Waals surface area contributed by atoms with Gasteiger partial charge in [-0.3, -0.25) is 4.79 Å². The Morgan fingerprint density at radius 2 is 1.48 bits per heavy atom. The Bertz CT molecular complexity index is 1870. The van der Waals surface area contributed by atoms with Crippen molar-refractivity contribution in [3.05, 3.63) is 117 Å². The smallest absolute Gasteiger partial charge is 0.322 e. The molecule has 0 aromatic heterocycles. The van der Waals surface area contributed by atoms with Gasteiger partial charge < -0.3 is 20.4 Å². The number of piperazine rings is 1. The van der Waals surface area contributed by atoms with Gasteiger partial charge in [0.05, 0.1) is 15.7 Å². The second-order valence-electron chi connectivity index (χ2n) is 10.9. The molecule has 0 unspecified atom stereocenters. The van der Waals surface area contributed by atoms with Crippen LogP contribution >= 0.6 is 23.2 Å². The molecule has 5 rings (SSSR count). The van der Waals surface area contributed by atoms with Gasteiger partial charge in [0.2, 0.25) is 15.9 Å². The predicted octanol–water partition coefficient (Wildman–Crippen LogP) is 7.10. The zero-order chi connectivity index (χ0) is 34.3. The summed E-state index contributed by atoms with van der Waals surface area (Å²) in [4.78, 5) is 40.6. The molecule has 2 N–H and O–H groups in total. The number of sulfonamides is 1. The van der Waals surface area contributed by atoms with Crippen LogP contribution in [0.15, 0.2) is 101 Å². The number of carbonyl (C=O) groups excluding carboxylic acids is 2. The van der Waals surface area contributed by atoms with E-state index in [1.807, 2.05) is 12.1 Å². The van der Waals surface area contributed by atoms with E-state index >= 15 is 0 Å². The summed E-state index contributed by atoms with van der Waals surface area (Å²) in [6, 6.07) is 22.8. The number of para-hydroxylation sites is 1. The fourth-order valence-corrected chi connectivity index (χ4v) is 7.18. The normalized spacial score (nSPS) is 13.3. The molecule has 0 radical (unpaired) electrons. The van der Waals surface area contributed by atoms with Gasteiger partial charge in [0, 0.05) is 57.1 Å². The SMILES string of the molecule is O=Nc1ccccc1S(=O)(=O)N(CCC(=O)Nc1ccc(N2CCN(C(=O)Nc3c(Cl)cccc3Cl)CC2)cc1)Cc1ccc(F)cc1. The molecule has 11 nitrogen and oxygen atoms in total. The molecule has 48 heavy (non-hydrogen) atoms. The van der Waals surface area contributed by atoms with Gasteiger partial charge in [0.1, 0.15) is 16.4 Å². The summed E-state index contributed by atoms with van der Waals surface area (Å²) in [6.45, 7) is 1.74. The summed E-state index contributed by atoms with van der Waals surface area (Å²) in [5, 5.41) is 9.12. The van der Waals surface area contributed by atoms with Crippen LogP contribution in [0.25, 0.3) is 0 Å². The molecule has 0 aliphatic carbocycles. The second kappa shape index (κ2) is 15.6. The molecule has 3 amide bonds. The van der Waals surface area contributed by atoms with Gasteiger partial charge in [-0.1, -0.05) is 53.5 Å². The molecular weight excluding hydrogens is 682 g/mol. The highest BCUT2D eigenvalue weighted by Crippen LogP contribution is 2.31. The fourth-order valence-electron chi connectivity index (χ4n) is 5.14. The van der Waals surface area contributed by atoms with E-state index in [0.717, 1.165) is 9.99 Å². The lowest BCUT2D eigenvalue weighted by atomic mass is 10.2. The third-order valence-electron chi connectivity index (χ3n) is 7.72. The molecule has 15 heteroatoms. The Balaban J connectivity index is 1.17. The molecule has 1 heterocycles. The van der Waals surface area contributed by atoms with Gasteiger partial charge in [0.25, 0.3) is 0 Å². The van der Waals surface area contributed by atoms with Crippen molar-refractivity contribution in [3.63, 3.8) is 0 Å². The van der Waals surface area contributed by atoms with E-state index < -0.39 is 21.7 Å². The molecule has 0 bridgehead atoms. The van der Waals surface area contributed by atoms with Crippen molar-refractivity contribution in [2.24, 2.45) is 5.18 Å². The Morgan fingerprint density at radius 1 is 0.833 bits per heavy atom. The van der Waals surface area contributed by atoms with E-state index in [0.29, 0.717) is 53.2 Å². The first-order chi connectivity index (χ1) is 23.0. The summed E-state index contributed by atoms with van der Waals surface area (Å²) in [5.41, 5.74) is 2.04. The lowest BCUT2D eigenvalue weighted by Gasteiger charge is -2.36. The number of hydrogen-bond acceptors (Lipinski definition) is 7. The number of carbonyl (C=O) groups is 2. The molecule has 0 saturated carbocycles. The van der Waals surface area contributed by atoms with Crippen LogP contribution < -0.4 is 15.5 Å². The number of nitroso groups, excluding NO2 is 1. The van der Waals surface area contributed by atoms with Crippen molar-refractivity contribution in [3.8, 4) is 0 Å². The van der Waals surface area contributed by atoms with E-state index in [4.69, 9.17) is 23.2 Å². The van der Waals surface area contributed by atoms with E-state index in [1.54, 1.807) is 35.2 Å². The molecule has 1 aliphatic heterocycles. The topological polar surface area (TPSA) is 131 Å². The maximum absolute atomic E-state index is 13.6. The summed E-state index contributed by atoms with van der Waals surface area (Å²) >= 11 is 12.4. The first-order valence-corrected chi connectivity index (χ1v) is 17.1.